The Labute approximate surface area is 122 Å². The van der Waals surface area contributed by atoms with Crippen molar-refractivity contribution in [2.45, 2.75) is 39.3 Å². The SMILES string of the molecule is C=C(/C(=C\C(=C/C)C(C)(C)F)C1CC1)N1CCNCC1. The molecule has 2 aliphatic rings. The van der Waals surface area contributed by atoms with Crippen LogP contribution in [-0.2, 0) is 0 Å². The Morgan fingerprint density at radius 2 is 1.90 bits per heavy atom. The highest BCUT2D eigenvalue weighted by Gasteiger charge is 2.31. The molecule has 20 heavy (non-hydrogen) atoms. The number of hydrogen-bond acceptors (Lipinski definition) is 2. The van der Waals surface area contributed by atoms with Crippen LogP contribution in [0.1, 0.15) is 33.6 Å². The summed E-state index contributed by atoms with van der Waals surface area (Å²) >= 11 is 0. The van der Waals surface area contributed by atoms with Gasteiger partial charge in [0.1, 0.15) is 5.67 Å². The van der Waals surface area contributed by atoms with E-state index in [1.54, 1.807) is 13.8 Å². The Kier molecular flexibility index (Phi) is 4.69. The Hall–Kier alpha value is -1.09. The van der Waals surface area contributed by atoms with Crippen LogP contribution >= 0.6 is 0 Å². The second-order valence-electron chi connectivity index (χ2n) is 6.27. The lowest BCUT2D eigenvalue weighted by Crippen LogP contribution is -2.43. The van der Waals surface area contributed by atoms with Crippen molar-refractivity contribution in [1.29, 1.82) is 0 Å². The van der Waals surface area contributed by atoms with E-state index < -0.39 is 5.67 Å². The number of nitrogens with zero attached hydrogens (tertiary/aromatic N) is 1. The Balaban J connectivity index is 2.20. The molecule has 2 fully saturated rings. The van der Waals surface area contributed by atoms with Crippen molar-refractivity contribution in [2.24, 2.45) is 5.92 Å². The highest BCUT2D eigenvalue weighted by atomic mass is 19.1. The zero-order valence-electron chi connectivity index (χ0n) is 13.0. The van der Waals surface area contributed by atoms with Gasteiger partial charge in [-0.2, -0.15) is 0 Å². The maximum absolute atomic E-state index is 14.2. The minimum absolute atomic E-state index is 0.578. The lowest BCUT2D eigenvalue weighted by molar-refractivity contribution is 0.273. The number of rotatable bonds is 5. The molecule has 1 aliphatic heterocycles. The largest absolute Gasteiger partial charge is 0.369 e. The fourth-order valence-electron chi connectivity index (χ4n) is 2.71. The minimum Gasteiger partial charge on any atom is -0.369 e. The summed E-state index contributed by atoms with van der Waals surface area (Å²) in [5.74, 6) is 0.578. The zero-order chi connectivity index (χ0) is 14.8. The number of hydrogen-bond donors (Lipinski definition) is 1. The summed E-state index contributed by atoms with van der Waals surface area (Å²) < 4.78 is 14.2. The van der Waals surface area contributed by atoms with Crippen molar-refractivity contribution in [1.82, 2.24) is 10.2 Å². The van der Waals surface area contributed by atoms with Crippen LogP contribution < -0.4 is 5.32 Å². The topological polar surface area (TPSA) is 15.3 Å². The van der Waals surface area contributed by atoms with E-state index in [1.807, 2.05) is 19.1 Å². The van der Waals surface area contributed by atoms with Crippen LogP contribution in [0.4, 0.5) is 4.39 Å². The van der Waals surface area contributed by atoms with Gasteiger partial charge in [-0.1, -0.05) is 18.7 Å². The molecule has 1 saturated carbocycles. The van der Waals surface area contributed by atoms with Crippen LogP contribution in [0.25, 0.3) is 0 Å². The van der Waals surface area contributed by atoms with Crippen LogP contribution in [0.5, 0.6) is 0 Å². The highest BCUT2D eigenvalue weighted by molar-refractivity contribution is 5.41. The van der Waals surface area contributed by atoms with Crippen LogP contribution in [0.3, 0.4) is 0 Å². The van der Waals surface area contributed by atoms with E-state index in [1.165, 1.54) is 18.4 Å². The first kappa shape index (κ1) is 15.3. The fraction of sp³-hybridized carbons (Fsp3) is 0.647. The molecule has 0 aromatic heterocycles. The van der Waals surface area contributed by atoms with Gasteiger partial charge in [-0.15, -0.1) is 0 Å². The van der Waals surface area contributed by atoms with E-state index in [0.29, 0.717) is 5.92 Å². The Bertz CT molecular complexity index is 419. The van der Waals surface area contributed by atoms with Crippen molar-refractivity contribution in [3.8, 4) is 0 Å². The van der Waals surface area contributed by atoms with E-state index >= 15 is 0 Å². The molecule has 2 rings (SSSR count). The summed E-state index contributed by atoms with van der Waals surface area (Å²) in [5.41, 5.74) is 1.80. The van der Waals surface area contributed by atoms with Gasteiger partial charge >= 0.3 is 0 Å². The summed E-state index contributed by atoms with van der Waals surface area (Å²) in [6, 6.07) is 0. The zero-order valence-corrected chi connectivity index (χ0v) is 13.0. The Morgan fingerprint density at radius 3 is 2.35 bits per heavy atom. The van der Waals surface area contributed by atoms with Crippen molar-refractivity contribution >= 4 is 0 Å². The highest BCUT2D eigenvalue weighted by Crippen LogP contribution is 2.42. The normalized spacial score (nSPS) is 22.1. The van der Waals surface area contributed by atoms with E-state index in [4.69, 9.17) is 0 Å². The monoisotopic (exact) mass is 278 g/mol. The van der Waals surface area contributed by atoms with Gasteiger partial charge in [0.05, 0.1) is 0 Å². The molecule has 0 radical (unpaired) electrons. The molecule has 0 bridgehead atoms. The minimum atomic E-state index is -1.29. The second kappa shape index (κ2) is 6.13. The van der Waals surface area contributed by atoms with Gasteiger partial charge in [0.25, 0.3) is 0 Å². The maximum Gasteiger partial charge on any atom is 0.130 e. The molecule has 1 N–H and O–H groups in total. The van der Waals surface area contributed by atoms with Gasteiger partial charge < -0.3 is 10.2 Å². The molecule has 1 aliphatic carbocycles. The first-order valence-electron chi connectivity index (χ1n) is 7.65. The molecule has 0 amide bonds. The lowest BCUT2D eigenvalue weighted by atomic mass is 9.94. The second-order valence-corrected chi connectivity index (χ2v) is 6.27. The van der Waals surface area contributed by atoms with E-state index in [2.05, 4.69) is 16.8 Å². The molecule has 2 nitrogen and oxygen atoms in total. The molecule has 0 aromatic rings. The molecule has 0 aromatic carbocycles. The molecule has 0 spiro atoms. The Morgan fingerprint density at radius 1 is 1.30 bits per heavy atom. The molecular weight excluding hydrogens is 251 g/mol. The summed E-state index contributed by atoms with van der Waals surface area (Å²) in [4.78, 5) is 2.33. The molecule has 0 atom stereocenters. The first-order chi connectivity index (χ1) is 9.43. The number of piperazine rings is 1. The van der Waals surface area contributed by atoms with Crippen LogP contribution in [0.15, 0.2) is 35.6 Å². The average Bonchev–Trinajstić information content (AvgIpc) is 3.23. The fourth-order valence-corrected chi connectivity index (χ4v) is 2.71. The van der Waals surface area contributed by atoms with Gasteiger partial charge in [0.2, 0.25) is 0 Å². The predicted octanol–water partition coefficient (Wildman–Crippen LogP) is 3.44. The molecular formula is C17H27FN2. The molecule has 1 saturated heterocycles. The van der Waals surface area contributed by atoms with Gasteiger partial charge in [-0.25, -0.2) is 4.39 Å². The van der Waals surface area contributed by atoms with Crippen LogP contribution in [0.2, 0.25) is 0 Å². The maximum atomic E-state index is 14.2. The van der Waals surface area contributed by atoms with Crippen LogP contribution in [-0.4, -0.2) is 36.7 Å². The standard InChI is InChI=1S/C17H27FN2/c1-5-15(17(3,4)18)12-16(14-6-7-14)13(2)20-10-8-19-9-11-20/h5,12,14,19H,2,6-11H2,1,3-4H3/b15-5+,16-12+. The quantitative estimate of drug-likeness (QED) is 0.775. The van der Waals surface area contributed by atoms with Crippen LogP contribution in [0, 0.1) is 5.92 Å². The van der Waals surface area contributed by atoms with Crippen molar-refractivity contribution in [3.05, 3.63) is 35.6 Å². The van der Waals surface area contributed by atoms with E-state index in [0.717, 1.165) is 37.4 Å². The summed E-state index contributed by atoms with van der Waals surface area (Å²) in [5, 5.41) is 3.36. The molecule has 3 heteroatoms. The van der Waals surface area contributed by atoms with Crippen molar-refractivity contribution < 1.29 is 4.39 Å². The number of halogens is 1. The van der Waals surface area contributed by atoms with Gasteiger partial charge in [0.15, 0.2) is 0 Å². The average molecular weight is 278 g/mol. The van der Waals surface area contributed by atoms with Crippen molar-refractivity contribution in [3.63, 3.8) is 0 Å². The third-order valence-corrected chi connectivity index (χ3v) is 4.16. The third kappa shape index (κ3) is 3.72. The molecule has 0 unspecified atom stereocenters. The summed E-state index contributed by atoms with van der Waals surface area (Å²) in [6.45, 7) is 13.4. The predicted molar refractivity (Wildman–Crippen MR) is 83.3 cm³/mol. The smallest absolute Gasteiger partial charge is 0.130 e. The molecule has 112 valence electrons. The number of alkyl halides is 1. The summed E-state index contributed by atoms with van der Waals surface area (Å²) in [7, 11) is 0. The number of allylic oxidation sites excluding steroid dienone is 4. The number of nitrogens with one attached hydrogen (secondary N) is 1. The van der Waals surface area contributed by atoms with E-state index in [-0.39, 0.29) is 0 Å². The molecule has 1 heterocycles. The van der Waals surface area contributed by atoms with E-state index in [9.17, 15) is 4.39 Å². The van der Waals surface area contributed by atoms with Gasteiger partial charge in [-0.05, 0) is 50.7 Å². The van der Waals surface area contributed by atoms with Gasteiger partial charge in [-0.3, -0.25) is 0 Å². The van der Waals surface area contributed by atoms with Gasteiger partial charge in [0, 0.05) is 31.9 Å². The third-order valence-electron chi connectivity index (χ3n) is 4.16. The summed E-state index contributed by atoms with van der Waals surface area (Å²) in [6.07, 6.45) is 6.34. The first-order valence-corrected chi connectivity index (χ1v) is 7.65. The lowest BCUT2D eigenvalue weighted by Gasteiger charge is -2.32. The van der Waals surface area contributed by atoms with Crippen molar-refractivity contribution in [2.75, 3.05) is 26.2 Å².